The molecule has 0 unspecified atom stereocenters. The minimum atomic E-state index is 0.885. The van der Waals surface area contributed by atoms with E-state index in [2.05, 4.69) is 270 Å². The van der Waals surface area contributed by atoms with Crippen molar-refractivity contribution in [2.75, 3.05) is 4.90 Å². The molecule has 0 amide bonds. The summed E-state index contributed by atoms with van der Waals surface area (Å²) in [6.07, 6.45) is 0. The summed E-state index contributed by atoms with van der Waals surface area (Å²) in [5.41, 5.74) is 20.1. The lowest BCUT2D eigenvalue weighted by atomic mass is 9.94. The summed E-state index contributed by atoms with van der Waals surface area (Å²) in [6, 6.07) is 95.9. The number of nitrogens with zero attached hydrogens (tertiary/aromatic N) is 2. The van der Waals surface area contributed by atoms with Crippen molar-refractivity contribution in [3.8, 4) is 61.3 Å². The molecular formula is C66H44N2O. The van der Waals surface area contributed by atoms with Gasteiger partial charge < -0.3 is 13.9 Å². The van der Waals surface area contributed by atoms with Crippen molar-refractivity contribution in [1.82, 2.24) is 4.57 Å². The first-order valence-corrected chi connectivity index (χ1v) is 23.6. The van der Waals surface area contributed by atoms with Crippen molar-refractivity contribution < 1.29 is 4.42 Å². The van der Waals surface area contributed by atoms with Crippen LogP contribution in [0.4, 0.5) is 17.1 Å². The van der Waals surface area contributed by atoms with Gasteiger partial charge in [-0.1, -0.05) is 212 Å². The molecule has 0 bridgehead atoms. The Labute approximate surface area is 401 Å². The largest absolute Gasteiger partial charge is 0.455 e. The second-order valence-corrected chi connectivity index (χ2v) is 17.6. The lowest BCUT2D eigenvalue weighted by molar-refractivity contribution is 0.670. The maximum absolute atomic E-state index is 6.64. The fourth-order valence-corrected chi connectivity index (χ4v) is 10.4. The van der Waals surface area contributed by atoms with Gasteiger partial charge in [0.1, 0.15) is 11.2 Å². The van der Waals surface area contributed by atoms with Gasteiger partial charge in [0.05, 0.1) is 22.4 Å². The normalized spacial score (nSPS) is 11.5. The highest BCUT2D eigenvalue weighted by Crippen LogP contribution is 2.45. The highest BCUT2D eigenvalue weighted by molar-refractivity contribution is 6.11. The molecule has 0 fully saturated rings. The van der Waals surface area contributed by atoms with Crippen molar-refractivity contribution in [2.45, 2.75) is 0 Å². The van der Waals surface area contributed by atoms with Gasteiger partial charge in [-0.15, -0.1) is 0 Å². The van der Waals surface area contributed by atoms with Crippen LogP contribution < -0.4 is 4.90 Å². The Balaban J connectivity index is 0.891. The van der Waals surface area contributed by atoms with Crippen LogP contribution in [-0.2, 0) is 0 Å². The van der Waals surface area contributed by atoms with Gasteiger partial charge in [-0.3, -0.25) is 0 Å². The van der Waals surface area contributed by atoms with Gasteiger partial charge in [-0.2, -0.15) is 0 Å². The number of anilines is 3. The average Bonchev–Trinajstić information content (AvgIpc) is 3.98. The summed E-state index contributed by atoms with van der Waals surface area (Å²) < 4.78 is 9.04. The van der Waals surface area contributed by atoms with Gasteiger partial charge in [0.2, 0.25) is 0 Å². The molecule has 3 nitrogen and oxygen atoms in total. The number of rotatable bonds is 9. The molecule has 13 rings (SSSR count). The Morgan fingerprint density at radius 2 is 0.710 bits per heavy atom. The highest BCUT2D eigenvalue weighted by Gasteiger charge is 2.21. The van der Waals surface area contributed by atoms with E-state index in [1.54, 1.807) is 0 Å². The molecule has 0 aliphatic rings. The lowest BCUT2D eigenvalue weighted by Gasteiger charge is -2.28. The molecule has 11 aromatic carbocycles. The number of fused-ring (bicyclic) bond motifs is 6. The quantitative estimate of drug-likeness (QED) is 0.144. The molecule has 0 saturated heterocycles. The third-order valence-electron chi connectivity index (χ3n) is 13.7. The maximum Gasteiger partial charge on any atom is 0.143 e. The molecule has 2 heterocycles. The highest BCUT2D eigenvalue weighted by atomic mass is 16.3. The molecule has 3 heteroatoms. The SMILES string of the molecule is c1ccc(-c2ccccc2-c2ccc(N(c3ccc(-c4ccc(-c5ccccc5-n5c6ccccc6c6ccccc65)cc4)cc3)c3ccccc3-c3cccc4c3oc3ccccc34)cc2)cc1. The molecule has 0 atom stereocenters. The van der Waals surface area contributed by atoms with E-state index in [1.165, 1.54) is 49.6 Å². The molecule has 2 aromatic heterocycles. The minimum absolute atomic E-state index is 0.885. The second-order valence-electron chi connectivity index (χ2n) is 17.6. The smallest absolute Gasteiger partial charge is 0.143 e. The molecule has 0 aliphatic heterocycles. The van der Waals surface area contributed by atoms with Crippen LogP contribution in [-0.4, -0.2) is 4.57 Å². The summed E-state index contributed by atoms with van der Waals surface area (Å²) in [6.45, 7) is 0. The standard InChI is InChI=1S/C66H44N2O/c1-2-17-47(18-3-1)52-19-4-5-20-53(52)48-39-43-51(44-40-48)67(62-29-12-9-24-57(62)59-26-16-27-60-58-25-10-15-32-65(58)69-66(59)60)50-41-37-46(38-42-50)45-33-35-49(36-34-45)54-21-6-11-28-61(54)68-63-30-13-7-22-55(63)56-23-8-14-31-64(56)68/h1-44H. The zero-order chi connectivity index (χ0) is 45.7. The summed E-state index contributed by atoms with van der Waals surface area (Å²) >= 11 is 0. The molecule has 0 aliphatic carbocycles. The van der Waals surface area contributed by atoms with Crippen LogP contribution in [0, 0.1) is 0 Å². The van der Waals surface area contributed by atoms with E-state index in [1.807, 2.05) is 6.07 Å². The Kier molecular flexibility index (Phi) is 9.84. The van der Waals surface area contributed by atoms with Crippen molar-refractivity contribution >= 4 is 60.8 Å². The second kappa shape index (κ2) is 16.9. The van der Waals surface area contributed by atoms with Gasteiger partial charge in [0.25, 0.3) is 0 Å². The molecule has 13 aromatic rings. The fourth-order valence-electron chi connectivity index (χ4n) is 10.4. The van der Waals surface area contributed by atoms with Gasteiger partial charge in [-0.05, 0) is 93.5 Å². The Bertz CT molecular complexity index is 3940. The molecule has 324 valence electrons. The molecule has 0 spiro atoms. The summed E-state index contributed by atoms with van der Waals surface area (Å²) in [5.74, 6) is 0. The monoisotopic (exact) mass is 880 g/mol. The van der Waals surface area contributed by atoms with Crippen molar-refractivity contribution in [1.29, 1.82) is 0 Å². The maximum atomic E-state index is 6.64. The van der Waals surface area contributed by atoms with Crippen molar-refractivity contribution in [3.05, 3.63) is 267 Å². The predicted octanol–water partition coefficient (Wildman–Crippen LogP) is 18.5. The Morgan fingerprint density at radius 1 is 0.275 bits per heavy atom. The first-order chi connectivity index (χ1) is 34.2. The topological polar surface area (TPSA) is 21.3 Å². The van der Waals surface area contributed by atoms with E-state index in [9.17, 15) is 0 Å². The predicted molar refractivity (Wildman–Crippen MR) is 290 cm³/mol. The summed E-state index contributed by atoms with van der Waals surface area (Å²) in [5, 5.41) is 4.74. The van der Waals surface area contributed by atoms with Crippen LogP contribution in [0.2, 0.25) is 0 Å². The van der Waals surface area contributed by atoms with Gasteiger partial charge in [0.15, 0.2) is 0 Å². The summed E-state index contributed by atoms with van der Waals surface area (Å²) in [4.78, 5) is 2.38. The van der Waals surface area contributed by atoms with Gasteiger partial charge in [-0.25, -0.2) is 0 Å². The number of furan rings is 1. The molecule has 0 N–H and O–H groups in total. The Morgan fingerprint density at radius 3 is 1.38 bits per heavy atom. The number of para-hydroxylation sites is 6. The van der Waals surface area contributed by atoms with Crippen LogP contribution in [0.25, 0.3) is 105 Å². The minimum Gasteiger partial charge on any atom is -0.455 e. The van der Waals surface area contributed by atoms with Crippen molar-refractivity contribution in [3.63, 3.8) is 0 Å². The fraction of sp³-hybridized carbons (Fsp3) is 0. The van der Waals surface area contributed by atoms with E-state index in [4.69, 9.17) is 4.42 Å². The van der Waals surface area contributed by atoms with E-state index in [-0.39, 0.29) is 0 Å². The van der Waals surface area contributed by atoms with Gasteiger partial charge >= 0.3 is 0 Å². The molecule has 69 heavy (non-hydrogen) atoms. The average molecular weight is 881 g/mol. The number of hydrogen-bond acceptors (Lipinski definition) is 2. The van der Waals surface area contributed by atoms with E-state index in [0.29, 0.717) is 0 Å². The number of hydrogen-bond donors (Lipinski definition) is 0. The van der Waals surface area contributed by atoms with E-state index < -0.39 is 0 Å². The first-order valence-electron chi connectivity index (χ1n) is 23.6. The lowest BCUT2D eigenvalue weighted by Crippen LogP contribution is -2.11. The third kappa shape index (κ3) is 6.99. The van der Waals surface area contributed by atoms with Crippen LogP contribution in [0.3, 0.4) is 0 Å². The zero-order valence-corrected chi connectivity index (χ0v) is 37.7. The van der Waals surface area contributed by atoms with Crippen LogP contribution in [0.15, 0.2) is 271 Å². The number of benzene rings is 11. The third-order valence-corrected chi connectivity index (χ3v) is 13.7. The molecule has 0 saturated carbocycles. The van der Waals surface area contributed by atoms with E-state index >= 15 is 0 Å². The molecule has 0 radical (unpaired) electrons. The number of aromatic nitrogens is 1. The van der Waals surface area contributed by atoms with Crippen molar-refractivity contribution in [2.24, 2.45) is 0 Å². The van der Waals surface area contributed by atoms with E-state index in [0.717, 1.165) is 72.5 Å². The van der Waals surface area contributed by atoms with Crippen LogP contribution in [0.5, 0.6) is 0 Å². The molecular weight excluding hydrogens is 837 g/mol. The summed E-state index contributed by atoms with van der Waals surface area (Å²) in [7, 11) is 0. The van der Waals surface area contributed by atoms with Crippen LogP contribution >= 0.6 is 0 Å². The zero-order valence-electron chi connectivity index (χ0n) is 37.7. The van der Waals surface area contributed by atoms with Crippen LogP contribution in [0.1, 0.15) is 0 Å². The first kappa shape index (κ1) is 40.1. The van der Waals surface area contributed by atoms with Gasteiger partial charge in [0, 0.05) is 49.6 Å². The Hall–Kier alpha value is -9.18.